The average molecular weight is 596 g/mol. The summed E-state index contributed by atoms with van der Waals surface area (Å²) in [5.74, 6) is -1.19. The zero-order valence-electron chi connectivity index (χ0n) is 23.3. The normalized spacial score (nSPS) is 21.6. The number of carbonyl (C=O) groups is 3. The van der Waals surface area contributed by atoms with Gasteiger partial charge in [0.1, 0.15) is 0 Å². The molecule has 1 fully saturated rings. The molecular formula is C34H29NO7S. The van der Waals surface area contributed by atoms with Crippen LogP contribution in [0.3, 0.4) is 0 Å². The molecule has 1 saturated heterocycles. The van der Waals surface area contributed by atoms with Crippen molar-refractivity contribution in [1.29, 1.82) is 0 Å². The van der Waals surface area contributed by atoms with Gasteiger partial charge in [-0.1, -0.05) is 55.5 Å². The molecule has 43 heavy (non-hydrogen) atoms. The van der Waals surface area contributed by atoms with Crippen molar-refractivity contribution in [1.82, 2.24) is 0 Å². The van der Waals surface area contributed by atoms with Gasteiger partial charge < -0.3 is 19.7 Å². The van der Waals surface area contributed by atoms with Crippen LogP contribution in [-0.4, -0.2) is 39.9 Å². The quantitative estimate of drug-likeness (QED) is 0.181. The van der Waals surface area contributed by atoms with Crippen molar-refractivity contribution in [2.75, 3.05) is 10.7 Å². The first-order valence-corrected chi connectivity index (χ1v) is 14.9. The minimum atomic E-state index is -0.973. The molecule has 4 atom stereocenters. The van der Waals surface area contributed by atoms with Gasteiger partial charge in [0.05, 0.1) is 41.2 Å². The largest absolute Gasteiger partial charge is 0.478 e. The van der Waals surface area contributed by atoms with Crippen molar-refractivity contribution >= 4 is 35.2 Å². The highest BCUT2D eigenvalue weighted by Gasteiger charge is 2.40. The summed E-state index contributed by atoms with van der Waals surface area (Å²) in [6.07, 6.45) is -1.38. The van der Waals surface area contributed by atoms with E-state index in [0.29, 0.717) is 28.1 Å². The molecule has 2 heterocycles. The number of carboxylic acid groups (broad SMARTS) is 1. The topological polar surface area (TPSA) is 113 Å². The summed E-state index contributed by atoms with van der Waals surface area (Å²) in [5.41, 5.74) is 3.81. The van der Waals surface area contributed by atoms with E-state index >= 15 is 0 Å². The lowest BCUT2D eigenvalue weighted by Crippen LogP contribution is -2.38. The predicted octanol–water partition coefficient (Wildman–Crippen LogP) is 6.26. The van der Waals surface area contributed by atoms with Crippen LogP contribution < -0.4 is 4.90 Å². The van der Waals surface area contributed by atoms with Gasteiger partial charge in [-0.2, -0.15) is 0 Å². The smallest absolute Gasteiger partial charge is 0.335 e. The molecule has 8 nitrogen and oxygen atoms in total. The first-order chi connectivity index (χ1) is 20.8. The Labute approximate surface area is 252 Å². The third-order valence-corrected chi connectivity index (χ3v) is 8.93. The SMILES string of the molecule is C[C@@H]1[C@H](CSc2ccc(C(=O)O)cc2)O[C@H](c2cccc(N3C(=O)c4ccccc4C3=O)c2)O[C@@H]1c1ccc(CO)cc1. The lowest BCUT2D eigenvalue weighted by atomic mass is 9.91. The summed E-state index contributed by atoms with van der Waals surface area (Å²) < 4.78 is 13.1. The first-order valence-electron chi connectivity index (χ1n) is 13.9. The number of hydrogen-bond donors (Lipinski definition) is 2. The van der Waals surface area contributed by atoms with E-state index in [4.69, 9.17) is 9.47 Å². The molecule has 2 aliphatic heterocycles. The van der Waals surface area contributed by atoms with Crippen molar-refractivity contribution in [2.24, 2.45) is 5.92 Å². The Balaban J connectivity index is 1.28. The van der Waals surface area contributed by atoms with E-state index in [1.165, 1.54) is 4.90 Å². The van der Waals surface area contributed by atoms with E-state index in [9.17, 15) is 24.6 Å². The lowest BCUT2D eigenvalue weighted by molar-refractivity contribution is -0.268. The number of nitrogens with zero attached hydrogens (tertiary/aromatic N) is 1. The Bertz CT molecular complexity index is 1640. The van der Waals surface area contributed by atoms with Crippen LogP contribution in [0.4, 0.5) is 5.69 Å². The summed E-state index contributed by atoms with van der Waals surface area (Å²) in [6.45, 7) is 2.01. The molecule has 0 bridgehead atoms. The van der Waals surface area contributed by atoms with Gasteiger partial charge in [-0.15, -0.1) is 11.8 Å². The summed E-state index contributed by atoms with van der Waals surface area (Å²) in [4.78, 5) is 39.6. The Morgan fingerprint density at radius 1 is 0.837 bits per heavy atom. The second kappa shape index (κ2) is 12.1. The summed E-state index contributed by atoms with van der Waals surface area (Å²) in [6, 6.07) is 28.2. The molecule has 2 N–H and O–H groups in total. The molecule has 4 aromatic carbocycles. The molecule has 0 unspecified atom stereocenters. The number of hydrogen-bond acceptors (Lipinski definition) is 7. The number of aromatic carboxylic acids is 1. The molecule has 0 aromatic heterocycles. The number of benzene rings is 4. The van der Waals surface area contributed by atoms with Crippen molar-refractivity contribution in [3.8, 4) is 0 Å². The zero-order valence-corrected chi connectivity index (χ0v) is 24.1. The monoisotopic (exact) mass is 595 g/mol. The zero-order chi connectivity index (χ0) is 30.1. The Kier molecular flexibility index (Phi) is 8.14. The fourth-order valence-corrected chi connectivity index (χ4v) is 6.48. The molecule has 0 saturated carbocycles. The van der Waals surface area contributed by atoms with Crippen LogP contribution >= 0.6 is 11.8 Å². The summed E-state index contributed by atoms with van der Waals surface area (Å²) >= 11 is 1.56. The first kappa shape index (κ1) is 28.8. The van der Waals surface area contributed by atoms with E-state index in [2.05, 4.69) is 6.92 Å². The average Bonchev–Trinajstić information content (AvgIpc) is 3.30. The van der Waals surface area contributed by atoms with E-state index in [1.807, 2.05) is 30.3 Å². The molecule has 6 rings (SSSR count). The van der Waals surface area contributed by atoms with Gasteiger partial charge in [0, 0.05) is 22.1 Å². The number of carboxylic acids is 1. The summed E-state index contributed by atoms with van der Waals surface area (Å²) in [7, 11) is 0. The number of amides is 2. The van der Waals surface area contributed by atoms with Crippen LogP contribution in [0.5, 0.6) is 0 Å². The molecule has 2 aliphatic rings. The minimum Gasteiger partial charge on any atom is -0.478 e. The van der Waals surface area contributed by atoms with Crippen LogP contribution in [0.2, 0.25) is 0 Å². The lowest BCUT2D eigenvalue weighted by Gasteiger charge is -2.41. The highest BCUT2D eigenvalue weighted by Crippen LogP contribution is 2.43. The van der Waals surface area contributed by atoms with Gasteiger partial charge in [0.2, 0.25) is 0 Å². The second-order valence-electron chi connectivity index (χ2n) is 10.5. The number of ether oxygens (including phenoxy) is 2. The van der Waals surface area contributed by atoms with E-state index in [1.54, 1.807) is 78.5 Å². The Morgan fingerprint density at radius 2 is 1.51 bits per heavy atom. The third kappa shape index (κ3) is 5.72. The van der Waals surface area contributed by atoms with Crippen LogP contribution in [-0.2, 0) is 16.1 Å². The molecule has 9 heteroatoms. The number of fused-ring (bicyclic) bond motifs is 1. The predicted molar refractivity (Wildman–Crippen MR) is 161 cm³/mol. The molecule has 0 radical (unpaired) electrons. The van der Waals surface area contributed by atoms with E-state index < -0.39 is 12.3 Å². The van der Waals surface area contributed by atoms with Crippen molar-refractivity contribution in [3.05, 3.63) is 130 Å². The number of aliphatic hydroxyl groups excluding tert-OH is 1. The standard InChI is InChI=1S/C34H29NO7S/c1-20-29(19-43-26-15-13-23(14-16-26)33(39)40)41-34(42-30(20)22-11-9-21(18-36)10-12-22)24-5-4-6-25(17-24)35-31(37)27-7-2-3-8-28(27)32(35)38/h2-17,20,29-30,34,36H,18-19H2,1H3,(H,39,40)/t20-,29+,30+,34+/m1/s1. The highest BCUT2D eigenvalue weighted by molar-refractivity contribution is 7.99. The van der Waals surface area contributed by atoms with Gasteiger partial charge in [-0.05, 0) is 59.7 Å². The van der Waals surface area contributed by atoms with Crippen molar-refractivity contribution in [2.45, 2.75) is 36.9 Å². The number of rotatable bonds is 8. The number of carbonyl (C=O) groups excluding carboxylic acids is 2. The molecule has 4 aromatic rings. The van der Waals surface area contributed by atoms with Gasteiger partial charge >= 0.3 is 5.97 Å². The van der Waals surface area contributed by atoms with Gasteiger partial charge in [-0.3, -0.25) is 9.59 Å². The van der Waals surface area contributed by atoms with E-state index in [0.717, 1.165) is 16.0 Å². The van der Waals surface area contributed by atoms with Crippen LogP contribution in [0.1, 0.15) is 67.1 Å². The minimum absolute atomic E-state index is 0.0542. The fraction of sp³-hybridized carbons (Fsp3) is 0.206. The number of imide groups is 1. The number of aliphatic hydroxyl groups is 1. The molecule has 2 amide bonds. The number of anilines is 1. The van der Waals surface area contributed by atoms with Crippen LogP contribution in [0.25, 0.3) is 0 Å². The molecular weight excluding hydrogens is 566 g/mol. The maximum Gasteiger partial charge on any atom is 0.335 e. The van der Waals surface area contributed by atoms with E-state index in [-0.39, 0.29) is 42.1 Å². The second-order valence-corrected chi connectivity index (χ2v) is 11.6. The van der Waals surface area contributed by atoms with Gasteiger partial charge in [-0.25, -0.2) is 9.69 Å². The third-order valence-electron chi connectivity index (χ3n) is 7.83. The van der Waals surface area contributed by atoms with Gasteiger partial charge in [0.25, 0.3) is 11.8 Å². The molecule has 0 aliphatic carbocycles. The number of thioether (sulfide) groups is 1. The van der Waals surface area contributed by atoms with Crippen LogP contribution in [0, 0.1) is 5.92 Å². The molecule has 218 valence electrons. The maximum atomic E-state index is 13.1. The van der Waals surface area contributed by atoms with Crippen molar-refractivity contribution < 1.29 is 34.1 Å². The fourth-order valence-electron chi connectivity index (χ4n) is 5.42. The van der Waals surface area contributed by atoms with Crippen LogP contribution in [0.15, 0.2) is 102 Å². The Hall–Kier alpha value is -4.28. The Morgan fingerprint density at radius 3 is 2.14 bits per heavy atom. The van der Waals surface area contributed by atoms with Gasteiger partial charge in [0.15, 0.2) is 6.29 Å². The van der Waals surface area contributed by atoms with Crippen molar-refractivity contribution in [3.63, 3.8) is 0 Å². The molecule has 0 spiro atoms. The highest BCUT2D eigenvalue weighted by atomic mass is 32.2. The maximum absolute atomic E-state index is 13.1. The summed E-state index contributed by atoms with van der Waals surface area (Å²) in [5, 5.41) is 18.7.